The maximum atomic E-state index is 12.6. The maximum absolute atomic E-state index is 12.6. The molecule has 122 valence electrons. The highest BCUT2D eigenvalue weighted by molar-refractivity contribution is 5.34. The first-order valence-electron chi connectivity index (χ1n) is 8.16. The van der Waals surface area contributed by atoms with Gasteiger partial charge in [-0.3, -0.25) is 9.36 Å². The number of hydrogen-bond acceptors (Lipinski definition) is 4. The normalized spacial score (nSPS) is 15.0. The van der Waals surface area contributed by atoms with Gasteiger partial charge in [0.15, 0.2) is 0 Å². The fraction of sp³-hybridized carbons (Fsp3) is 0.444. The molecule has 1 aliphatic heterocycles. The van der Waals surface area contributed by atoms with Crippen LogP contribution >= 0.6 is 0 Å². The topological polar surface area (TPSA) is 47.4 Å². The van der Waals surface area contributed by atoms with Crippen LogP contribution in [0.3, 0.4) is 0 Å². The third kappa shape index (κ3) is 3.62. The number of aryl methyl sites for hydroxylation is 2. The van der Waals surface area contributed by atoms with Crippen LogP contribution in [-0.4, -0.2) is 35.9 Å². The highest BCUT2D eigenvalue weighted by Gasteiger charge is 2.18. The Hall–Kier alpha value is -2.14. The van der Waals surface area contributed by atoms with Crippen LogP contribution in [0.25, 0.3) is 0 Å². The molecule has 3 rings (SSSR count). The largest absolute Gasteiger partial charge is 0.378 e. The molecular formula is C18H23N3O2. The molecule has 1 fully saturated rings. The van der Waals surface area contributed by atoms with Gasteiger partial charge in [0.2, 0.25) is 5.95 Å². The van der Waals surface area contributed by atoms with Crippen LogP contribution < -0.4 is 10.5 Å². The van der Waals surface area contributed by atoms with Crippen LogP contribution in [0.15, 0.2) is 35.1 Å². The molecule has 1 aliphatic rings. The van der Waals surface area contributed by atoms with Gasteiger partial charge in [-0.2, -0.15) is 0 Å². The van der Waals surface area contributed by atoms with Gasteiger partial charge in [0.1, 0.15) is 0 Å². The van der Waals surface area contributed by atoms with Gasteiger partial charge in [-0.15, -0.1) is 0 Å². The number of nitrogens with zero attached hydrogens (tertiary/aromatic N) is 3. The molecule has 5 heteroatoms. The zero-order valence-electron chi connectivity index (χ0n) is 13.8. The van der Waals surface area contributed by atoms with Crippen LogP contribution in [0, 0.1) is 6.92 Å². The smallest absolute Gasteiger partial charge is 0.255 e. The number of aromatic nitrogens is 2. The summed E-state index contributed by atoms with van der Waals surface area (Å²) < 4.78 is 7.20. The number of rotatable bonds is 4. The Balaban J connectivity index is 1.99. The van der Waals surface area contributed by atoms with Crippen molar-refractivity contribution in [2.45, 2.75) is 26.8 Å². The number of benzene rings is 1. The van der Waals surface area contributed by atoms with Gasteiger partial charge in [-0.1, -0.05) is 36.8 Å². The molecule has 0 saturated carbocycles. The molecule has 0 amide bonds. The third-order valence-electron chi connectivity index (χ3n) is 4.16. The lowest BCUT2D eigenvalue weighted by atomic mass is 10.1. The Morgan fingerprint density at radius 1 is 1.17 bits per heavy atom. The van der Waals surface area contributed by atoms with Crippen molar-refractivity contribution in [2.24, 2.45) is 0 Å². The maximum Gasteiger partial charge on any atom is 0.255 e. The predicted octanol–water partition coefficient (Wildman–Crippen LogP) is 2.00. The number of ether oxygens (including phenoxy) is 1. The van der Waals surface area contributed by atoms with Crippen molar-refractivity contribution in [2.75, 3.05) is 31.2 Å². The standard InChI is InChI=1S/C18H23N3O2/c1-3-16-12-17(22)21(13-15-6-4-14(2)5-7-15)18(19-16)20-8-10-23-11-9-20/h4-7,12H,3,8-11,13H2,1-2H3. The summed E-state index contributed by atoms with van der Waals surface area (Å²) >= 11 is 0. The quantitative estimate of drug-likeness (QED) is 0.866. The summed E-state index contributed by atoms with van der Waals surface area (Å²) in [4.78, 5) is 19.5. The van der Waals surface area contributed by atoms with Crippen LogP contribution in [0.4, 0.5) is 5.95 Å². The van der Waals surface area contributed by atoms with Gasteiger partial charge in [0, 0.05) is 24.8 Å². The van der Waals surface area contributed by atoms with Crippen LogP contribution in [-0.2, 0) is 17.7 Å². The van der Waals surface area contributed by atoms with Crippen LogP contribution in [0.5, 0.6) is 0 Å². The summed E-state index contributed by atoms with van der Waals surface area (Å²) in [6.45, 7) is 7.53. The van der Waals surface area contributed by atoms with E-state index in [9.17, 15) is 4.79 Å². The SMILES string of the molecule is CCc1cc(=O)n(Cc2ccc(C)cc2)c(N2CCOCC2)n1. The molecule has 0 unspecified atom stereocenters. The molecule has 1 aromatic carbocycles. The summed E-state index contributed by atoms with van der Waals surface area (Å²) in [7, 11) is 0. The average Bonchev–Trinajstić information content (AvgIpc) is 2.59. The molecule has 0 bridgehead atoms. The molecular weight excluding hydrogens is 290 g/mol. The van der Waals surface area contributed by atoms with Gasteiger partial charge in [-0.25, -0.2) is 4.98 Å². The van der Waals surface area contributed by atoms with Gasteiger partial charge in [0.05, 0.1) is 19.8 Å². The van der Waals surface area contributed by atoms with Crippen molar-refractivity contribution >= 4 is 5.95 Å². The number of hydrogen-bond donors (Lipinski definition) is 0. The first kappa shape index (κ1) is 15.7. The fourth-order valence-corrected chi connectivity index (χ4v) is 2.75. The molecule has 0 N–H and O–H groups in total. The molecule has 1 aromatic heterocycles. The Labute approximate surface area is 136 Å². The third-order valence-corrected chi connectivity index (χ3v) is 4.16. The van der Waals surface area contributed by atoms with E-state index in [0.717, 1.165) is 36.7 Å². The second kappa shape index (κ2) is 6.96. The van der Waals surface area contributed by atoms with Crippen molar-refractivity contribution in [3.63, 3.8) is 0 Å². The van der Waals surface area contributed by atoms with Crippen LogP contribution in [0.2, 0.25) is 0 Å². The lowest BCUT2D eigenvalue weighted by molar-refractivity contribution is 0.121. The Bertz CT molecular complexity index is 716. The molecule has 2 aromatic rings. The molecule has 23 heavy (non-hydrogen) atoms. The number of morpholine rings is 1. The lowest BCUT2D eigenvalue weighted by Crippen LogP contribution is -2.41. The van der Waals surface area contributed by atoms with E-state index in [2.05, 4.69) is 36.1 Å². The van der Waals surface area contributed by atoms with E-state index in [1.165, 1.54) is 5.56 Å². The lowest BCUT2D eigenvalue weighted by Gasteiger charge is -2.30. The molecule has 0 aliphatic carbocycles. The highest BCUT2D eigenvalue weighted by Crippen LogP contribution is 2.15. The van der Waals surface area contributed by atoms with E-state index in [4.69, 9.17) is 9.72 Å². The van der Waals surface area contributed by atoms with E-state index in [0.29, 0.717) is 19.8 Å². The Kier molecular flexibility index (Phi) is 4.76. The van der Waals surface area contributed by atoms with Crippen LogP contribution in [0.1, 0.15) is 23.7 Å². The molecule has 0 atom stereocenters. The minimum atomic E-state index is 0.0129. The van der Waals surface area contributed by atoms with Crippen molar-refractivity contribution in [1.29, 1.82) is 0 Å². The molecule has 2 heterocycles. The first-order chi connectivity index (χ1) is 11.2. The fourth-order valence-electron chi connectivity index (χ4n) is 2.75. The summed E-state index contributed by atoms with van der Waals surface area (Å²) in [5, 5.41) is 0. The minimum absolute atomic E-state index is 0.0129. The monoisotopic (exact) mass is 313 g/mol. The van der Waals surface area contributed by atoms with E-state index < -0.39 is 0 Å². The van der Waals surface area contributed by atoms with E-state index in [1.54, 1.807) is 10.6 Å². The van der Waals surface area contributed by atoms with Crippen molar-refractivity contribution in [1.82, 2.24) is 9.55 Å². The van der Waals surface area contributed by atoms with Gasteiger partial charge in [-0.05, 0) is 18.9 Å². The Morgan fingerprint density at radius 3 is 2.52 bits per heavy atom. The Morgan fingerprint density at radius 2 is 1.87 bits per heavy atom. The van der Waals surface area contributed by atoms with E-state index >= 15 is 0 Å². The van der Waals surface area contributed by atoms with Gasteiger partial charge >= 0.3 is 0 Å². The van der Waals surface area contributed by atoms with Crippen molar-refractivity contribution in [3.05, 3.63) is 57.5 Å². The second-order valence-corrected chi connectivity index (χ2v) is 5.91. The molecule has 0 radical (unpaired) electrons. The summed E-state index contributed by atoms with van der Waals surface area (Å²) in [6.07, 6.45) is 0.762. The second-order valence-electron chi connectivity index (χ2n) is 5.91. The van der Waals surface area contributed by atoms with E-state index in [1.807, 2.05) is 6.92 Å². The summed E-state index contributed by atoms with van der Waals surface area (Å²) in [6, 6.07) is 9.93. The summed E-state index contributed by atoms with van der Waals surface area (Å²) in [5.41, 5.74) is 3.18. The van der Waals surface area contributed by atoms with Crippen molar-refractivity contribution in [3.8, 4) is 0 Å². The molecule has 1 saturated heterocycles. The zero-order valence-corrected chi connectivity index (χ0v) is 13.8. The van der Waals surface area contributed by atoms with Crippen molar-refractivity contribution < 1.29 is 4.74 Å². The van der Waals surface area contributed by atoms with E-state index in [-0.39, 0.29) is 5.56 Å². The highest BCUT2D eigenvalue weighted by atomic mass is 16.5. The molecule has 0 spiro atoms. The predicted molar refractivity (Wildman–Crippen MR) is 91.2 cm³/mol. The van der Waals surface area contributed by atoms with Gasteiger partial charge < -0.3 is 9.64 Å². The minimum Gasteiger partial charge on any atom is -0.378 e. The average molecular weight is 313 g/mol. The first-order valence-corrected chi connectivity index (χ1v) is 8.16. The summed E-state index contributed by atoms with van der Waals surface area (Å²) in [5.74, 6) is 0.762. The molecule has 5 nitrogen and oxygen atoms in total. The zero-order chi connectivity index (χ0) is 16.2. The van der Waals surface area contributed by atoms with Gasteiger partial charge in [0.25, 0.3) is 5.56 Å². The number of anilines is 1.